The van der Waals surface area contributed by atoms with Crippen molar-refractivity contribution >= 4 is 5.97 Å². The summed E-state index contributed by atoms with van der Waals surface area (Å²) in [5.74, 6) is -0.920. The lowest BCUT2D eigenvalue weighted by molar-refractivity contribution is 0.0696. The Bertz CT molecular complexity index is 389. The highest BCUT2D eigenvalue weighted by Crippen LogP contribution is 2.21. The van der Waals surface area contributed by atoms with E-state index >= 15 is 0 Å². The first-order valence-electron chi connectivity index (χ1n) is 6.13. The predicted octanol–water partition coefficient (Wildman–Crippen LogP) is 2.15. The molecule has 1 unspecified atom stereocenters. The summed E-state index contributed by atoms with van der Waals surface area (Å²) < 4.78 is 0. The van der Waals surface area contributed by atoms with Crippen LogP contribution in [0.15, 0.2) is 18.3 Å². The second kappa shape index (κ2) is 5.27. The first-order chi connectivity index (χ1) is 8.20. The number of likely N-dealkylation sites (tertiary alicyclic amines) is 1. The number of aromatic nitrogens is 1. The number of hydrogen-bond donors (Lipinski definition) is 1. The molecule has 1 aromatic heterocycles. The van der Waals surface area contributed by atoms with Crippen molar-refractivity contribution in [3.05, 3.63) is 29.6 Å². The van der Waals surface area contributed by atoms with E-state index < -0.39 is 5.97 Å². The fraction of sp³-hybridized carbons (Fsp3) is 0.538. The molecule has 4 nitrogen and oxygen atoms in total. The molecule has 4 heteroatoms. The van der Waals surface area contributed by atoms with Crippen molar-refractivity contribution < 1.29 is 9.90 Å². The van der Waals surface area contributed by atoms with Gasteiger partial charge in [0.15, 0.2) is 0 Å². The van der Waals surface area contributed by atoms with Crippen molar-refractivity contribution in [3.8, 4) is 0 Å². The normalized spacial score (nSPS) is 20.6. The standard InChI is InChI=1S/C13H18N2O2/c1-2-12-4-3-7-15(12)9-11-6-5-10(8-14-11)13(16)17/h5-6,8,12H,2-4,7,9H2,1H3,(H,16,17). The molecule has 0 saturated carbocycles. The minimum Gasteiger partial charge on any atom is -0.478 e. The number of rotatable bonds is 4. The molecule has 1 aliphatic rings. The molecule has 1 fully saturated rings. The van der Waals surface area contributed by atoms with Crippen molar-refractivity contribution in [2.45, 2.75) is 38.8 Å². The molecule has 0 radical (unpaired) electrons. The molecule has 92 valence electrons. The zero-order valence-corrected chi connectivity index (χ0v) is 10.1. The van der Waals surface area contributed by atoms with Crippen LogP contribution in [0, 0.1) is 0 Å². The number of carbonyl (C=O) groups is 1. The van der Waals surface area contributed by atoms with Crippen molar-refractivity contribution in [1.29, 1.82) is 0 Å². The van der Waals surface area contributed by atoms with Gasteiger partial charge in [0.1, 0.15) is 0 Å². The lowest BCUT2D eigenvalue weighted by Crippen LogP contribution is -2.28. The lowest BCUT2D eigenvalue weighted by atomic mass is 10.1. The van der Waals surface area contributed by atoms with E-state index in [9.17, 15) is 4.79 Å². The number of aromatic carboxylic acids is 1. The van der Waals surface area contributed by atoms with Gasteiger partial charge in [-0.15, -0.1) is 0 Å². The van der Waals surface area contributed by atoms with Crippen LogP contribution >= 0.6 is 0 Å². The fourth-order valence-electron chi connectivity index (χ4n) is 2.42. The van der Waals surface area contributed by atoms with E-state index in [2.05, 4.69) is 16.8 Å². The maximum atomic E-state index is 10.7. The van der Waals surface area contributed by atoms with Crippen LogP contribution in [-0.4, -0.2) is 33.5 Å². The van der Waals surface area contributed by atoms with Gasteiger partial charge >= 0.3 is 5.97 Å². The van der Waals surface area contributed by atoms with E-state index in [0.29, 0.717) is 6.04 Å². The van der Waals surface area contributed by atoms with Gasteiger partial charge in [-0.3, -0.25) is 9.88 Å². The van der Waals surface area contributed by atoms with Gasteiger partial charge in [0, 0.05) is 18.8 Å². The zero-order valence-electron chi connectivity index (χ0n) is 10.1. The number of nitrogens with zero attached hydrogens (tertiary/aromatic N) is 2. The highest BCUT2D eigenvalue weighted by Gasteiger charge is 2.22. The largest absolute Gasteiger partial charge is 0.478 e. The number of pyridine rings is 1. The van der Waals surface area contributed by atoms with Gasteiger partial charge in [0.25, 0.3) is 0 Å². The van der Waals surface area contributed by atoms with E-state index in [4.69, 9.17) is 5.11 Å². The molecule has 1 N–H and O–H groups in total. The third-order valence-corrected chi connectivity index (χ3v) is 3.41. The second-order valence-corrected chi connectivity index (χ2v) is 4.52. The van der Waals surface area contributed by atoms with Crippen LogP contribution < -0.4 is 0 Å². The molecule has 0 amide bonds. The van der Waals surface area contributed by atoms with E-state index in [1.165, 1.54) is 25.5 Å². The van der Waals surface area contributed by atoms with Crippen molar-refractivity contribution in [2.24, 2.45) is 0 Å². The summed E-state index contributed by atoms with van der Waals surface area (Å²) in [4.78, 5) is 17.3. The van der Waals surface area contributed by atoms with Crippen LogP contribution in [0.2, 0.25) is 0 Å². The Labute approximate surface area is 101 Å². The minimum absolute atomic E-state index is 0.252. The third-order valence-electron chi connectivity index (χ3n) is 3.41. The van der Waals surface area contributed by atoms with Gasteiger partial charge in [0.05, 0.1) is 11.3 Å². The molecule has 0 aromatic carbocycles. The van der Waals surface area contributed by atoms with Crippen molar-refractivity contribution in [2.75, 3.05) is 6.54 Å². The van der Waals surface area contributed by atoms with E-state index in [1.807, 2.05) is 6.07 Å². The zero-order chi connectivity index (χ0) is 12.3. The first-order valence-corrected chi connectivity index (χ1v) is 6.13. The van der Waals surface area contributed by atoms with Crippen LogP contribution in [0.5, 0.6) is 0 Å². The summed E-state index contributed by atoms with van der Waals surface area (Å²) in [6.45, 7) is 4.17. The SMILES string of the molecule is CCC1CCCN1Cc1ccc(C(=O)O)cn1. The molecular formula is C13H18N2O2. The molecule has 0 aliphatic carbocycles. The van der Waals surface area contributed by atoms with Crippen LogP contribution in [0.1, 0.15) is 42.2 Å². The van der Waals surface area contributed by atoms with Gasteiger partial charge < -0.3 is 5.11 Å². The number of hydrogen-bond acceptors (Lipinski definition) is 3. The van der Waals surface area contributed by atoms with Gasteiger partial charge in [-0.1, -0.05) is 6.92 Å². The molecule has 1 saturated heterocycles. The Hall–Kier alpha value is -1.42. The number of carboxylic acid groups (broad SMARTS) is 1. The monoisotopic (exact) mass is 234 g/mol. The van der Waals surface area contributed by atoms with Crippen LogP contribution in [0.25, 0.3) is 0 Å². The fourth-order valence-corrected chi connectivity index (χ4v) is 2.42. The number of carboxylic acids is 1. The van der Waals surface area contributed by atoms with E-state index in [-0.39, 0.29) is 5.56 Å². The molecule has 0 bridgehead atoms. The summed E-state index contributed by atoms with van der Waals surface area (Å²) in [6.07, 6.45) is 5.14. The summed E-state index contributed by atoms with van der Waals surface area (Å²) in [6, 6.07) is 4.10. The predicted molar refractivity (Wildman–Crippen MR) is 64.9 cm³/mol. The summed E-state index contributed by atoms with van der Waals surface area (Å²) in [5.41, 5.74) is 1.21. The molecule has 1 aliphatic heterocycles. The topological polar surface area (TPSA) is 53.4 Å². The maximum Gasteiger partial charge on any atom is 0.337 e. The molecule has 2 rings (SSSR count). The van der Waals surface area contributed by atoms with Gasteiger partial charge in [0.2, 0.25) is 0 Å². The average molecular weight is 234 g/mol. The highest BCUT2D eigenvalue weighted by atomic mass is 16.4. The Kier molecular flexibility index (Phi) is 3.74. The van der Waals surface area contributed by atoms with Gasteiger partial charge in [-0.05, 0) is 37.9 Å². The maximum absolute atomic E-state index is 10.7. The Morgan fingerprint density at radius 3 is 3.00 bits per heavy atom. The molecule has 1 atom stereocenters. The highest BCUT2D eigenvalue weighted by molar-refractivity contribution is 5.87. The first kappa shape index (κ1) is 12.0. The van der Waals surface area contributed by atoms with Crippen molar-refractivity contribution in [3.63, 3.8) is 0 Å². The van der Waals surface area contributed by atoms with Crippen LogP contribution in [0.3, 0.4) is 0 Å². The average Bonchev–Trinajstić information content (AvgIpc) is 2.77. The molecule has 1 aromatic rings. The van der Waals surface area contributed by atoms with Gasteiger partial charge in [-0.2, -0.15) is 0 Å². The van der Waals surface area contributed by atoms with E-state index in [0.717, 1.165) is 18.8 Å². The van der Waals surface area contributed by atoms with Crippen LogP contribution in [-0.2, 0) is 6.54 Å². The lowest BCUT2D eigenvalue weighted by Gasteiger charge is -2.22. The molecule has 17 heavy (non-hydrogen) atoms. The molecular weight excluding hydrogens is 216 g/mol. The summed E-state index contributed by atoms with van der Waals surface area (Å²) in [7, 11) is 0. The third kappa shape index (κ3) is 2.82. The quantitative estimate of drug-likeness (QED) is 0.867. The Morgan fingerprint density at radius 2 is 2.41 bits per heavy atom. The summed E-state index contributed by atoms with van der Waals surface area (Å²) in [5, 5.41) is 8.79. The molecule has 2 heterocycles. The van der Waals surface area contributed by atoms with Crippen LogP contribution in [0.4, 0.5) is 0 Å². The van der Waals surface area contributed by atoms with E-state index in [1.54, 1.807) is 6.07 Å². The second-order valence-electron chi connectivity index (χ2n) is 4.52. The Balaban J connectivity index is 2.01. The van der Waals surface area contributed by atoms with Crippen molar-refractivity contribution in [1.82, 2.24) is 9.88 Å². The minimum atomic E-state index is -0.920. The molecule has 0 spiro atoms. The summed E-state index contributed by atoms with van der Waals surface area (Å²) >= 11 is 0. The van der Waals surface area contributed by atoms with Gasteiger partial charge in [-0.25, -0.2) is 4.79 Å². The Morgan fingerprint density at radius 1 is 1.59 bits per heavy atom. The smallest absolute Gasteiger partial charge is 0.337 e.